The lowest BCUT2D eigenvalue weighted by Gasteiger charge is -2.33. The van der Waals surface area contributed by atoms with Crippen molar-refractivity contribution in [3.63, 3.8) is 0 Å². The number of hydrogen-bond donors (Lipinski definition) is 0. The van der Waals surface area contributed by atoms with Gasteiger partial charge in [0.1, 0.15) is 16.9 Å². The molecule has 1 aliphatic rings. The molecule has 1 fully saturated rings. The zero-order valence-electron chi connectivity index (χ0n) is 13.2. The number of carbonyl (C=O) groups is 2. The van der Waals surface area contributed by atoms with Crippen molar-refractivity contribution < 1.29 is 19.1 Å². The Balaban J connectivity index is 1.84. The third kappa shape index (κ3) is 5.39. The first kappa shape index (κ1) is 17.5. The van der Waals surface area contributed by atoms with Gasteiger partial charge in [-0.15, -0.1) is 0 Å². The first-order chi connectivity index (χ1) is 11.1. The summed E-state index contributed by atoms with van der Waals surface area (Å²) in [5.41, 5.74) is 0. The molecule has 1 saturated heterocycles. The van der Waals surface area contributed by atoms with Gasteiger partial charge in [-0.3, -0.25) is 14.6 Å². The van der Waals surface area contributed by atoms with Gasteiger partial charge in [0.15, 0.2) is 0 Å². The Morgan fingerprint density at radius 3 is 3.00 bits per heavy atom. The number of amides is 1. The summed E-state index contributed by atoms with van der Waals surface area (Å²) in [6.07, 6.45) is 5.05. The third-order valence-corrected chi connectivity index (χ3v) is 3.89. The van der Waals surface area contributed by atoms with E-state index in [1.807, 2.05) is 0 Å². The molecule has 126 valence electrons. The van der Waals surface area contributed by atoms with E-state index in [1.165, 1.54) is 6.20 Å². The SMILES string of the molecule is CCOC(=O)CCC(=O)N1CCCC(Oc2ccncc2Cl)C1. The molecule has 0 bridgehead atoms. The highest BCUT2D eigenvalue weighted by Crippen LogP contribution is 2.25. The Bertz CT molecular complexity index is 553. The maximum absolute atomic E-state index is 12.2. The van der Waals surface area contributed by atoms with Gasteiger partial charge in [0.25, 0.3) is 0 Å². The molecular formula is C16H21ClN2O4. The average molecular weight is 341 g/mol. The van der Waals surface area contributed by atoms with Crippen LogP contribution in [0, 0.1) is 0 Å². The van der Waals surface area contributed by atoms with Gasteiger partial charge in [0.05, 0.1) is 19.6 Å². The molecular weight excluding hydrogens is 320 g/mol. The number of likely N-dealkylation sites (tertiary alicyclic amines) is 1. The monoisotopic (exact) mass is 340 g/mol. The molecule has 6 nitrogen and oxygen atoms in total. The van der Waals surface area contributed by atoms with Gasteiger partial charge < -0.3 is 14.4 Å². The van der Waals surface area contributed by atoms with Crippen LogP contribution in [0.15, 0.2) is 18.5 Å². The summed E-state index contributed by atoms with van der Waals surface area (Å²) in [5, 5.41) is 0.457. The number of aromatic nitrogens is 1. The van der Waals surface area contributed by atoms with E-state index in [4.69, 9.17) is 21.1 Å². The Kier molecular flexibility index (Phi) is 6.65. The Morgan fingerprint density at radius 1 is 1.43 bits per heavy atom. The maximum atomic E-state index is 12.2. The molecule has 1 atom stereocenters. The molecule has 0 N–H and O–H groups in total. The number of halogens is 1. The van der Waals surface area contributed by atoms with Gasteiger partial charge in [0.2, 0.25) is 5.91 Å². The zero-order valence-corrected chi connectivity index (χ0v) is 13.9. The normalized spacial score (nSPS) is 17.7. The fourth-order valence-corrected chi connectivity index (χ4v) is 2.66. The topological polar surface area (TPSA) is 68.7 Å². The predicted octanol–water partition coefficient (Wildman–Crippen LogP) is 2.45. The number of ether oxygens (including phenoxy) is 2. The van der Waals surface area contributed by atoms with E-state index in [-0.39, 0.29) is 30.8 Å². The predicted molar refractivity (Wildman–Crippen MR) is 85.3 cm³/mol. The second-order valence-corrected chi connectivity index (χ2v) is 5.74. The van der Waals surface area contributed by atoms with Crippen LogP contribution < -0.4 is 4.74 Å². The van der Waals surface area contributed by atoms with E-state index in [0.29, 0.717) is 30.5 Å². The van der Waals surface area contributed by atoms with Crippen LogP contribution in [0.1, 0.15) is 32.6 Å². The molecule has 1 aliphatic heterocycles. The smallest absolute Gasteiger partial charge is 0.306 e. The Morgan fingerprint density at radius 2 is 2.26 bits per heavy atom. The van der Waals surface area contributed by atoms with Crippen molar-refractivity contribution in [2.45, 2.75) is 38.7 Å². The number of hydrogen-bond acceptors (Lipinski definition) is 5. The molecule has 1 aromatic rings. The molecule has 0 aromatic carbocycles. The van der Waals surface area contributed by atoms with Crippen molar-refractivity contribution in [3.8, 4) is 5.75 Å². The molecule has 1 aromatic heterocycles. The van der Waals surface area contributed by atoms with Gasteiger partial charge in [0, 0.05) is 31.4 Å². The average Bonchev–Trinajstić information content (AvgIpc) is 2.55. The van der Waals surface area contributed by atoms with Crippen LogP contribution in [0.2, 0.25) is 5.02 Å². The van der Waals surface area contributed by atoms with Gasteiger partial charge in [-0.1, -0.05) is 11.6 Å². The molecule has 0 saturated carbocycles. The van der Waals surface area contributed by atoms with E-state index < -0.39 is 0 Å². The minimum atomic E-state index is -0.339. The van der Waals surface area contributed by atoms with Crippen molar-refractivity contribution in [2.24, 2.45) is 0 Å². The van der Waals surface area contributed by atoms with Crippen LogP contribution in [-0.2, 0) is 14.3 Å². The fourth-order valence-electron chi connectivity index (χ4n) is 2.50. The van der Waals surface area contributed by atoms with Gasteiger partial charge in [-0.05, 0) is 19.8 Å². The van der Waals surface area contributed by atoms with Crippen molar-refractivity contribution in [2.75, 3.05) is 19.7 Å². The maximum Gasteiger partial charge on any atom is 0.306 e. The standard InChI is InChI=1S/C16H21ClN2O4/c1-2-22-16(21)6-5-15(20)19-9-3-4-12(11-19)23-14-7-8-18-10-13(14)17/h7-8,10,12H,2-6,9,11H2,1H3. The van der Waals surface area contributed by atoms with Crippen LogP contribution in [0.4, 0.5) is 0 Å². The van der Waals surface area contributed by atoms with Crippen molar-refractivity contribution >= 4 is 23.5 Å². The number of carbonyl (C=O) groups excluding carboxylic acids is 2. The van der Waals surface area contributed by atoms with Crippen LogP contribution >= 0.6 is 11.6 Å². The summed E-state index contributed by atoms with van der Waals surface area (Å²) in [5.74, 6) is 0.189. The highest BCUT2D eigenvalue weighted by molar-refractivity contribution is 6.31. The zero-order chi connectivity index (χ0) is 16.7. The van der Waals surface area contributed by atoms with E-state index in [1.54, 1.807) is 24.1 Å². The highest BCUT2D eigenvalue weighted by atomic mass is 35.5. The minimum Gasteiger partial charge on any atom is -0.487 e. The van der Waals surface area contributed by atoms with Crippen molar-refractivity contribution in [3.05, 3.63) is 23.5 Å². The van der Waals surface area contributed by atoms with Crippen LogP contribution in [0.3, 0.4) is 0 Å². The quantitative estimate of drug-likeness (QED) is 0.744. The largest absolute Gasteiger partial charge is 0.487 e. The van der Waals surface area contributed by atoms with E-state index in [0.717, 1.165) is 12.8 Å². The first-order valence-electron chi connectivity index (χ1n) is 7.79. The summed E-state index contributed by atoms with van der Waals surface area (Å²) in [7, 11) is 0. The molecule has 1 amide bonds. The lowest BCUT2D eigenvalue weighted by molar-refractivity contribution is -0.146. The van der Waals surface area contributed by atoms with Crippen molar-refractivity contribution in [1.29, 1.82) is 0 Å². The lowest BCUT2D eigenvalue weighted by atomic mass is 10.1. The summed E-state index contributed by atoms with van der Waals surface area (Å²) < 4.78 is 10.7. The first-order valence-corrected chi connectivity index (χ1v) is 8.17. The summed E-state index contributed by atoms with van der Waals surface area (Å²) in [6.45, 7) is 3.27. The molecule has 0 aliphatic carbocycles. The fraction of sp³-hybridized carbons (Fsp3) is 0.562. The number of rotatable bonds is 6. The molecule has 0 spiro atoms. The molecule has 2 heterocycles. The number of esters is 1. The van der Waals surface area contributed by atoms with Crippen LogP contribution in [0.25, 0.3) is 0 Å². The Labute approximate surface area is 140 Å². The van der Waals surface area contributed by atoms with Gasteiger partial charge in [-0.2, -0.15) is 0 Å². The van der Waals surface area contributed by atoms with E-state index >= 15 is 0 Å². The molecule has 0 radical (unpaired) electrons. The van der Waals surface area contributed by atoms with Crippen LogP contribution in [0.5, 0.6) is 5.75 Å². The number of nitrogens with zero attached hydrogens (tertiary/aromatic N) is 2. The highest BCUT2D eigenvalue weighted by Gasteiger charge is 2.25. The second-order valence-electron chi connectivity index (χ2n) is 5.33. The summed E-state index contributed by atoms with van der Waals surface area (Å²) in [6, 6.07) is 1.71. The Hall–Kier alpha value is -1.82. The van der Waals surface area contributed by atoms with Gasteiger partial charge in [-0.25, -0.2) is 0 Å². The second kappa shape index (κ2) is 8.72. The molecule has 23 heavy (non-hydrogen) atoms. The molecule has 1 unspecified atom stereocenters. The number of pyridine rings is 1. The van der Waals surface area contributed by atoms with Gasteiger partial charge >= 0.3 is 5.97 Å². The summed E-state index contributed by atoms with van der Waals surface area (Å²) in [4.78, 5) is 29.2. The lowest BCUT2D eigenvalue weighted by Crippen LogP contribution is -2.44. The number of piperidine rings is 1. The van der Waals surface area contributed by atoms with Crippen molar-refractivity contribution in [1.82, 2.24) is 9.88 Å². The summed E-state index contributed by atoms with van der Waals surface area (Å²) >= 11 is 6.04. The molecule has 2 rings (SSSR count). The molecule has 7 heteroatoms. The minimum absolute atomic E-state index is 0.0489. The third-order valence-electron chi connectivity index (χ3n) is 3.61. The van der Waals surface area contributed by atoms with E-state index in [9.17, 15) is 9.59 Å². The van der Waals surface area contributed by atoms with Crippen LogP contribution in [-0.4, -0.2) is 47.6 Å². The van der Waals surface area contributed by atoms with E-state index in [2.05, 4.69) is 4.98 Å².